The third-order valence-corrected chi connectivity index (χ3v) is 1.89. The summed E-state index contributed by atoms with van der Waals surface area (Å²) in [6.45, 7) is 1.21. The Kier molecular flexibility index (Phi) is 3.69. The fourth-order valence-electron chi connectivity index (χ4n) is 1.30. The van der Waals surface area contributed by atoms with Gasteiger partial charge in [0.15, 0.2) is 0 Å². The van der Waals surface area contributed by atoms with Crippen molar-refractivity contribution in [3.8, 4) is 0 Å². The molecule has 1 aromatic rings. The number of hydrogen-bond acceptors (Lipinski definition) is 3. The first-order valence-corrected chi connectivity index (χ1v) is 4.43. The van der Waals surface area contributed by atoms with E-state index in [-0.39, 0.29) is 6.54 Å². The van der Waals surface area contributed by atoms with Crippen molar-refractivity contribution >= 4 is 5.69 Å². The summed E-state index contributed by atoms with van der Waals surface area (Å²) in [7, 11) is 1.20. The Bertz CT molecular complexity index is 371. The lowest BCUT2D eigenvalue weighted by Gasteiger charge is -2.21. The summed E-state index contributed by atoms with van der Waals surface area (Å²) >= 11 is 0. The Morgan fingerprint density at radius 2 is 1.62 bits per heavy atom. The summed E-state index contributed by atoms with van der Waals surface area (Å²) in [6.07, 6.45) is -0.900. The summed E-state index contributed by atoms with van der Waals surface area (Å²) in [6, 6.07) is 0. The molecule has 1 N–H and O–H groups in total. The van der Waals surface area contributed by atoms with E-state index in [1.54, 1.807) is 0 Å². The van der Waals surface area contributed by atoms with Gasteiger partial charge in [0.05, 0.1) is 6.10 Å². The molecule has 16 heavy (non-hydrogen) atoms. The lowest BCUT2D eigenvalue weighted by atomic mass is 10.3. The van der Waals surface area contributed by atoms with E-state index in [1.165, 1.54) is 14.0 Å². The number of aliphatic hydroxyl groups excluding tert-OH is 1. The van der Waals surface area contributed by atoms with Gasteiger partial charge in [0, 0.05) is 13.6 Å². The molecule has 1 atom stereocenters. The monoisotopic (exact) mass is 238 g/mol. The zero-order chi connectivity index (χ0) is 12.5. The van der Waals surface area contributed by atoms with E-state index in [0.717, 1.165) is 4.90 Å². The zero-order valence-electron chi connectivity index (χ0n) is 8.64. The molecule has 7 heteroatoms. The van der Waals surface area contributed by atoms with Gasteiger partial charge in [0.25, 0.3) is 11.9 Å². The maximum Gasteiger partial charge on any atom is 0.253 e. The fourth-order valence-corrected chi connectivity index (χ4v) is 1.30. The minimum absolute atomic E-state index is 0.170. The van der Waals surface area contributed by atoms with Crippen LogP contribution < -0.4 is 4.90 Å². The second-order valence-corrected chi connectivity index (χ2v) is 3.40. The molecule has 0 aliphatic rings. The van der Waals surface area contributed by atoms with Gasteiger partial charge in [-0.3, -0.25) is 0 Å². The minimum Gasteiger partial charge on any atom is -0.392 e. The van der Waals surface area contributed by atoms with E-state index in [9.17, 15) is 17.6 Å². The second kappa shape index (κ2) is 4.65. The van der Waals surface area contributed by atoms with Crippen molar-refractivity contribution in [3.05, 3.63) is 23.5 Å². The summed E-state index contributed by atoms with van der Waals surface area (Å²) < 4.78 is 51.8. The normalized spacial score (nSPS) is 12.7. The number of nitrogens with zero attached hydrogens (tertiary/aromatic N) is 2. The van der Waals surface area contributed by atoms with Gasteiger partial charge in [0.1, 0.15) is 5.69 Å². The van der Waals surface area contributed by atoms with Crippen LogP contribution in [0.4, 0.5) is 23.2 Å². The molecule has 0 saturated carbocycles. The van der Waals surface area contributed by atoms with Crippen LogP contribution in [-0.4, -0.2) is 29.8 Å². The molecule has 0 aliphatic heterocycles. The van der Waals surface area contributed by atoms with Crippen LogP contribution in [0.5, 0.6) is 0 Å². The topological polar surface area (TPSA) is 36.4 Å². The van der Waals surface area contributed by atoms with Crippen LogP contribution in [0.25, 0.3) is 0 Å². The van der Waals surface area contributed by atoms with Crippen molar-refractivity contribution in [2.75, 3.05) is 18.5 Å². The van der Waals surface area contributed by atoms with Crippen molar-refractivity contribution in [2.45, 2.75) is 13.0 Å². The van der Waals surface area contributed by atoms with Crippen LogP contribution in [0.15, 0.2) is 0 Å². The molecule has 3 nitrogen and oxygen atoms in total. The number of aromatic nitrogens is 1. The molecule has 0 spiro atoms. The molecule has 0 aromatic carbocycles. The minimum atomic E-state index is -1.72. The number of likely N-dealkylation sites (N-methyl/N-ethyl adjacent to an activating group) is 1. The Morgan fingerprint density at radius 3 is 2.00 bits per heavy atom. The van der Waals surface area contributed by atoms with Crippen LogP contribution in [0.1, 0.15) is 6.92 Å². The lowest BCUT2D eigenvalue weighted by Crippen LogP contribution is -2.29. The van der Waals surface area contributed by atoms with E-state index in [2.05, 4.69) is 4.98 Å². The molecule has 1 heterocycles. The second-order valence-electron chi connectivity index (χ2n) is 3.40. The molecule has 0 bridgehead atoms. The Hall–Kier alpha value is -1.37. The average Bonchev–Trinajstić information content (AvgIpc) is 2.14. The van der Waals surface area contributed by atoms with Crippen LogP contribution in [-0.2, 0) is 0 Å². The van der Waals surface area contributed by atoms with Gasteiger partial charge in [-0.15, -0.1) is 0 Å². The number of pyridine rings is 1. The summed E-state index contributed by atoms with van der Waals surface area (Å²) in [5, 5.41) is 9.01. The molecular weight excluding hydrogens is 228 g/mol. The van der Waals surface area contributed by atoms with Gasteiger partial charge in [-0.05, 0) is 6.92 Å². The third-order valence-electron chi connectivity index (χ3n) is 1.89. The largest absolute Gasteiger partial charge is 0.392 e. The SMILES string of the molecule is CC(O)CN(C)c1c(F)c(F)nc(F)c1F. The van der Waals surface area contributed by atoms with E-state index in [1.807, 2.05) is 0 Å². The predicted octanol–water partition coefficient (Wildman–Crippen LogP) is 1.46. The molecule has 0 radical (unpaired) electrons. The van der Waals surface area contributed by atoms with Crippen LogP contribution in [0.3, 0.4) is 0 Å². The maximum absolute atomic E-state index is 13.2. The lowest BCUT2D eigenvalue weighted by molar-refractivity contribution is 0.201. The molecule has 0 aliphatic carbocycles. The summed E-state index contributed by atoms with van der Waals surface area (Å²) in [5.74, 6) is -6.60. The number of anilines is 1. The van der Waals surface area contributed by atoms with E-state index < -0.39 is 35.3 Å². The maximum atomic E-state index is 13.2. The van der Waals surface area contributed by atoms with E-state index in [0.29, 0.717) is 0 Å². The molecule has 1 rings (SSSR count). The highest BCUT2D eigenvalue weighted by Gasteiger charge is 2.23. The average molecular weight is 238 g/mol. The molecule has 0 amide bonds. The Labute approximate surface area is 89.3 Å². The number of halogens is 4. The first-order valence-electron chi connectivity index (χ1n) is 4.43. The van der Waals surface area contributed by atoms with Gasteiger partial charge in [0.2, 0.25) is 11.6 Å². The molecule has 90 valence electrons. The highest BCUT2D eigenvalue weighted by atomic mass is 19.2. The smallest absolute Gasteiger partial charge is 0.253 e. The molecule has 1 aromatic heterocycles. The third kappa shape index (κ3) is 2.41. The van der Waals surface area contributed by atoms with Crippen molar-refractivity contribution in [3.63, 3.8) is 0 Å². The van der Waals surface area contributed by atoms with E-state index in [4.69, 9.17) is 5.11 Å². The zero-order valence-corrected chi connectivity index (χ0v) is 8.64. The van der Waals surface area contributed by atoms with Gasteiger partial charge in [-0.1, -0.05) is 0 Å². The van der Waals surface area contributed by atoms with Crippen molar-refractivity contribution in [1.82, 2.24) is 4.98 Å². The molecule has 0 saturated heterocycles. The first kappa shape index (κ1) is 12.7. The molecule has 0 fully saturated rings. The standard InChI is InChI=1S/C9H10F4N2O/c1-4(16)3-15(2)7-5(10)8(12)14-9(13)6(7)11/h4,16H,3H2,1-2H3. The van der Waals surface area contributed by atoms with Gasteiger partial charge < -0.3 is 10.0 Å². The van der Waals surface area contributed by atoms with Crippen molar-refractivity contribution in [1.29, 1.82) is 0 Å². The first-order chi connectivity index (χ1) is 7.34. The number of hydrogen-bond donors (Lipinski definition) is 1. The van der Waals surface area contributed by atoms with Gasteiger partial charge >= 0.3 is 0 Å². The van der Waals surface area contributed by atoms with Crippen molar-refractivity contribution in [2.24, 2.45) is 0 Å². The van der Waals surface area contributed by atoms with Crippen LogP contribution in [0, 0.1) is 23.5 Å². The van der Waals surface area contributed by atoms with Gasteiger partial charge in [-0.25, -0.2) is 0 Å². The summed E-state index contributed by atoms with van der Waals surface area (Å²) in [4.78, 5) is 3.30. The fraction of sp³-hybridized carbons (Fsp3) is 0.444. The Morgan fingerprint density at radius 1 is 1.19 bits per heavy atom. The van der Waals surface area contributed by atoms with Gasteiger partial charge in [-0.2, -0.15) is 22.5 Å². The van der Waals surface area contributed by atoms with E-state index >= 15 is 0 Å². The highest BCUT2D eigenvalue weighted by Crippen LogP contribution is 2.25. The number of rotatable bonds is 3. The Balaban J connectivity index is 3.21. The summed E-state index contributed by atoms with van der Waals surface area (Å²) in [5.41, 5.74) is -0.883. The quantitative estimate of drug-likeness (QED) is 0.639. The molecule has 1 unspecified atom stereocenters. The highest BCUT2D eigenvalue weighted by molar-refractivity contribution is 5.47. The van der Waals surface area contributed by atoms with Crippen molar-refractivity contribution < 1.29 is 22.7 Å². The van der Waals surface area contributed by atoms with Crippen LogP contribution >= 0.6 is 0 Å². The molecular formula is C9H10F4N2O. The number of aliphatic hydroxyl groups is 1. The predicted molar refractivity (Wildman–Crippen MR) is 49.0 cm³/mol. The van der Waals surface area contributed by atoms with Crippen LogP contribution in [0.2, 0.25) is 0 Å².